The molecular weight excluding hydrogens is 290 g/mol. The van der Waals surface area contributed by atoms with Gasteiger partial charge in [0.25, 0.3) is 0 Å². The molecule has 1 atom stereocenters. The van der Waals surface area contributed by atoms with Gasteiger partial charge in [0.05, 0.1) is 10.8 Å². The van der Waals surface area contributed by atoms with Crippen LogP contribution in [0.3, 0.4) is 0 Å². The van der Waals surface area contributed by atoms with Crippen molar-refractivity contribution < 1.29 is 13.2 Å². The Morgan fingerprint density at radius 2 is 2.00 bits per heavy atom. The number of hydrogen-bond donors (Lipinski definition) is 2. The average molecular weight is 313 g/mol. The van der Waals surface area contributed by atoms with Crippen LogP contribution in [0.4, 0.5) is 5.69 Å². The number of nitrogens with two attached hydrogens (primary N) is 1. The van der Waals surface area contributed by atoms with Gasteiger partial charge in [-0.15, -0.1) is 0 Å². The monoisotopic (exact) mass is 313 g/mol. The van der Waals surface area contributed by atoms with E-state index in [0.717, 1.165) is 9.87 Å². The zero-order valence-corrected chi connectivity index (χ0v) is 13.7. The lowest BCUT2D eigenvalue weighted by molar-refractivity contribution is -0.119. The summed E-state index contributed by atoms with van der Waals surface area (Å²) in [5.41, 5.74) is 6.85. The van der Waals surface area contributed by atoms with Crippen LogP contribution in [0.15, 0.2) is 23.1 Å². The van der Waals surface area contributed by atoms with E-state index in [0.29, 0.717) is 12.1 Å². The molecule has 0 aliphatic rings. The molecule has 1 unspecified atom stereocenters. The van der Waals surface area contributed by atoms with Crippen LogP contribution >= 0.6 is 0 Å². The number of carbonyl (C=O) groups is 1. The third-order valence-electron chi connectivity index (χ3n) is 3.39. The average Bonchev–Trinajstić information content (AvgIpc) is 2.42. The number of benzene rings is 1. The van der Waals surface area contributed by atoms with E-state index in [4.69, 9.17) is 5.73 Å². The molecule has 1 aromatic rings. The van der Waals surface area contributed by atoms with Crippen molar-refractivity contribution in [1.82, 2.24) is 4.31 Å². The Bertz CT molecular complexity index is 608. The summed E-state index contributed by atoms with van der Waals surface area (Å²) < 4.78 is 25.4. The molecular formula is C14H23N3O3S. The summed E-state index contributed by atoms with van der Waals surface area (Å²) in [5.74, 6) is -0.471. The number of nitrogens with zero attached hydrogens (tertiary/aromatic N) is 1. The fourth-order valence-electron chi connectivity index (χ4n) is 1.80. The third kappa shape index (κ3) is 4.03. The summed E-state index contributed by atoms with van der Waals surface area (Å²) >= 11 is 0. The van der Waals surface area contributed by atoms with Crippen LogP contribution in [0.1, 0.15) is 18.9 Å². The maximum Gasteiger partial charge on any atom is 0.242 e. The Hall–Kier alpha value is -1.44. The molecule has 1 aromatic carbocycles. The molecule has 0 fully saturated rings. The summed E-state index contributed by atoms with van der Waals surface area (Å²) in [6, 6.07) is 4.68. The Morgan fingerprint density at radius 1 is 1.38 bits per heavy atom. The van der Waals surface area contributed by atoms with Gasteiger partial charge in [0.2, 0.25) is 15.9 Å². The van der Waals surface area contributed by atoms with Crippen LogP contribution in [0, 0.1) is 12.8 Å². The fourth-order valence-corrected chi connectivity index (χ4v) is 2.73. The smallest absolute Gasteiger partial charge is 0.242 e. The predicted octanol–water partition coefficient (Wildman–Crippen LogP) is 1.17. The van der Waals surface area contributed by atoms with Crippen LogP contribution in [-0.2, 0) is 14.8 Å². The Kier molecular flexibility index (Phi) is 5.88. The van der Waals surface area contributed by atoms with E-state index in [9.17, 15) is 13.2 Å². The van der Waals surface area contributed by atoms with Crippen molar-refractivity contribution in [2.24, 2.45) is 11.7 Å². The van der Waals surface area contributed by atoms with Crippen molar-refractivity contribution in [2.75, 3.05) is 26.0 Å². The SMILES string of the molecule is CCC(CN)C(=O)Nc1cc(S(=O)(=O)N(C)C)ccc1C. The fraction of sp³-hybridized carbons (Fsp3) is 0.500. The van der Waals surface area contributed by atoms with Crippen molar-refractivity contribution in [2.45, 2.75) is 25.2 Å². The first-order chi connectivity index (χ1) is 9.73. The van der Waals surface area contributed by atoms with Gasteiger partial charge in [0, 0.05) is 26.3 Å². The zero-order chi connectivity index (χ0) is 16.2. The van der Waals surface area contributed by atoms with Gasteiger partial charge in [0.1, 0.15) is 0 Å². The molecule has 21 heavy (non-hydrogen) atoms. The van der Waals surface area contributed by atoms with Gasteiger partial charge in [0.15, 0.2) is 0 Å². The van der Waals surface area contributed by atoms with E-state index >= 15 is 0 Å². The molecule has 0 aromatic heterocycles. The standard InChI is InChI=1S/C14H23N3O3S/c1-5-11(9-15)14(18)16-13-8-12(7-6-10(13)2)21(19,20)17(3)4/h6-8,11H,5,9,15H2,1-4H3,(H,16,18). The summed E-state index contributed by atoms with van der Waals surface area (Å²) in [7, 11) is -0.591. The maximum absolute atomic E-state index is 12.1. The second-order valence-corrected chi connectivity index (χ2v) is 7.25. The lowest BCUT2D eigenvalue weighted by Gasteiger charge is -2.16. The molecule has 0 saturated carbocycles. The normalized spacial score (nSPS) is 13.2. The lowest BCUT2D eigenvalue weighted by Crippen LogP contribution is -2.29. The molecule has 6 nitrogen and oxygen atoms in total. The molecule has 1 rings (SSSR count). The summed E-state index contributed by atoms with van der Waals surface area (Å²) in [5, 5.41) is 2.76. The molecule has 3 N–H and O–H groups in total. The summed E-state index contributed by atoms with van der Waals surface area (Å²) in [6.45, 7) is 3.96. The van der Waals surface area contributed by atoms with Gasteiger partial charge in [-0.05, 0) is 31.0 Å². The van der Waals surface area contributed by atoms with Crippen LogP contribution in [0.25, 0.3) is 0 Å². The predicted molar refractivity (Wildman–Crippen MR) is 83.5 cm³/mol. The van der Waals surface area contributed by atoms with Crippen molar-refractivity contribution in [3.63, 3.8) is 0 Å². The minimum Gasteiger partial charge on any atom is -0.330 e. The molecule has 7 heteroatoms. The molecule has 0 radical (unpaired) electrons. The van der Waals surface area contributed by atoms with Crippen molar-refractivity contribution >= 4 is 21.6 Å². The van der Waals surface area contributed by atoms with Crippen LogP contribution < -0.4 is 11.1 Å². The molecule has 118 valence electrons. The Balaban J connectivity index is 3.12. The van der Waals surface area contributed by atoms with Crippen molar-refractivity contribution in [1.29, 1.82) is 0 Å². The van der Waals surface area contributed by atoms with Crippen LogP contribution in [-0.4, -0.2) is 39.3 Å². The first kappa shape index (κ1) is 17.6. The summed E-state index contributed by atoms with van der Waals surface area (Å²) in [4.78, 5) is 12.2. The number of aryl methyl sites for hydroxylation is 1. The van der Waals surface area contributed by atoms with E-state index in [1.807, 2.05) is 13.8 Å². The van der Waals surface area contributed by atoms with Gasteiger partial charge in [-0.3, -0.25) is 4.79 Å². The zero-order valence-electron chi connectivity index (χ0n) is 12.9. The minimum atomic E-state index is -3.53. The van der Waals surface area contributed by atoms with Crippen molar-refractivity contribution in [3.8, 4) is 0 Å². The Labute approximate surface area is 126 Å². The van der Waals surface area contributed by atoms with Gasteiger partial charge in [-0.25, -0.2) is 12.7 Å². The quantitative estimate of drug-likeness (QED) is 0.824. The lowest BCUT2D eigenvalue weighted by atomic mass is 10.1. The first-order valence-electron chi connectivity index (χ1n) is 6.78. The van der Waals surface area contributed by atoms with Gasteiger partial charge < -0.3 is 11.1 Å². The maximum atomic E-state index is 12.1. The molecule has 1 amide bonds. The summed E-state index contributed by atoms with van der Waals surface area (Å²) in [6.07, 6.45) is 0.636. The number of rotatable bonds is 6. The van der Waals surface area contributed by atoms with Gasteiger partial charge in [-0.2, -0.15) is 0 Å². The van der Waals surface area contributed by atoms with E-state index < -0.39 is 10.0 Å². The first-order valence-corrected chi connectivity index (χ1v) is 8.22. The van der Waals surface area contributed by atoms with E-state index in [-0.39, 0.29) is 23.3 Å². The number of carbonyl (C=O) groups excluding carboxylic acids is 1. The molecule has 0 heterocycles. The Morgan fingerprint density at radius 3 is 2.48 bits per heavy atom. The second-order valence-electron chi connectivity index (χ2n) is 5.09. The van der Waals surface area contributed by atoms with Gasteiger partial charge in [-0.1, -0.05) is 13.0 Å². The van der Waals surface area contributed by atoms with E-state index in [1.54, 1.807) is 6.07 Å². The highest BCUT2D eigenvalue weighted by Gasteiger charge is 2.20. The molecule has 0 spiro atoms. The highest BCUT2D eigenvalue weighted by atomic mass is 32.2. The van der Waals surface area contributed by atoms with Crippen LogP contribution in [0.5, 0.6) is 0 Å². The van der Waals surface area contributed by atoms with E-state index in [1.165, 1.54) is 26.2 Å². The molecule has 0 aliphatic carbocycles. The van der Waals surface area contributed by atoms with Crippen LogP contribution in [0.2, 0.25) is 0 Å². The molecule has 0 bridgehead atoms. The largest absolute Gasteiger partial charge is 0.330 e. The number of amides is 1. The second kappa shape index (κ2) is 7.02. The number of anilines is 1. The molecule has 0 aliphatic heterocycles. The van der Waals surface area contributed by atoms with Gasteiger partial charge >= 0.3 is 0 Å². The topological polar surface area (TPSA) is 92.5 Å². The van der Waals surface area contributed by atoms with E-state index in [2.05, 4.69) is 5.32 Å². The van der Waals surface area contributed by atoms with Crippen molar-refractivity contribution in [3.05, 3.63) is 23.8 Å². The highest BCUT2D eigenvalue weighted by molar-refractivity contribution is 7.89. The third-order valence-corrected chi connectivity index (χ3v) is 5.20. The number of nitrogens with one attached hydrogen (secondary N) is 1. The number of hydrogen-bond acceptors (Lipinski definition) is 4. The number of sulfonamides is 1. The minimum absolute atomic E-state index is 0.147. The molecule has 0 saturated heterocycles. The highest BCUT2D eigenvalue weighted by Crippen LogP contribution is 2.22.